The molecule has 0 aromatic heterocycles. The molecule has 0 heterocycles. The van der Waals surface area contributed by atoms with Crippen LogP contribution in [0.2, 0.25) is 0 Å². The van der Waals surface area contributed by atoms with E-state index in [1.165, 1.54) is 12.1 Å². The number of aliphatic carboxylic acids is 1. The second-order valence-electron chi connectivity index (χ2n) is 13.3. The van der Waals surface area contributed by atoms with Crippen LogP contribution in [0.1, 0.15) is 22.3 Å². The minimum absolute atomic E-state index is 0. The number of carboxylic acid groups (broad SMARTS) is 1. The van der Waals surface area contributed by atoms with Crippen molar-refractivity contribution in [3.8, 4) is 0 Å². The van der Waals surface area contributed by atoms with E-state index in [0.29, 0.717) is 5.56 Å². The van der Waals surface area contributed by atoms with E-state index in [0.717, 1.165) is 84.9 Å². The third kappa shape index (κ3) is 20.1. The largest absolute Gasteiger partial charge is 1.00 e. The molecule has 0 aliphatic rings. The Morgan fingerprint density at radius 3 is 0.877 bits per heavy atom. The summed E-state index contributed by atoms with van der Waals surface area (Å²) in [5.41, 5.74) is 6.88. The van der Waals surface area contributed by atoms with E-state index >= 15 is 0 Å². The number of carbonyl (C=O) groups is 4. The summed E-state index contributed by atoms with van der Waals surface area (Å²) in [5, 5.41) is 17.0. The minimum atomic E-state index is -4.90. The third-order valence-corrected chi connectivity index (χ3v) is 12.2. The zero-order valence-electron chi connectivity index (χ0n) is 35.1. The fraction of sp³-hybridized carbons (Fsp3) is 0.222. The monoisotopic (exact) mass is 1010 g/mol. The zero-order chi connectivity index (χ0) is 45.5. The Labute approximate surface area is 463 Å². The fourth-order valence-electron chi connectivity index (χ4n) is 5.66. The molecule has 328 valence electrons. The van der Waals surface area contributed by atoms with Crippen LogP contribution in [0, 0.1) is 0 Å². The maximum Gasteiger partial charge on any atom is 1.00 e. The van der Waals surface area contributed by atoms with Crippen molar-refractivity contribution < 1.29 is 194 Å². The topological polar surface area (TPSA) is 379 Å². The second-order valence-corrected chi connectivity index (χ2v) is 18.9. The Hall–Kier alpha value is -1.64. The number of amides is 3. The van der Waals surface area contributed by atoms with E-state index in [1.54, 1.807) is 0 Å². The van der Waals surface area contributed by atoms with Crippen LogP contribution < -0.4 is 140 Å². The van der Waals surface area contributed by atoms with Crippen molar-refractivity contribution >= 4 is 64.2 Å². The molecular weight excluding hydrogens is 981 g/mol. The Bertz CT molecular complexity index is 2730. The van der Waals surface area contributed by atoms with Crippen molar-refractivity contribution in [3.05, 3.63) is 119 Å². The average molecular weight is 1010 g/mol. The first-order valence-electron chi connectivity index (χ1n) is 17.3. The van der Waals surface area contributed by atoms with Gasteiger partial charge in [-0.2, -0.15) is 0 Å². The number of carboxylic acids is 1. The molecule has 0 saturated heterocycles. The zero-order valence-corrected chi connectivity index (χ0v) is 46.3. The van der Waals surface area contributed by atoms with Gasteiger partial charge in [-0.1, -0.05) is 48.5 Å². The standard InChI is InChI=1S/C36H38N4O17S4.4Na/c37-29(17-21-1-9-25(10-2-21)58(46,47)48)33(41)38-30(18-22-3-11-26(12-4-22)59(49,50)51)34(42)39-31(19-23-5-13-27(14-6-23)60(52,53)54)35(43)40-32(36(44)45)20-24-7-15-28(16-8-24)61(55,56)57;;;;/h1-16,29-32H,17-20,37H2,(H,38,41)(H,39,42)(H,40,43)(H,44,45)(H,46,47,48)(H,49,50,51)(H,52,53,54)(H,55,56,57);;;;/q;4*+1/p-4. The Morgan fingerprint density at radius 2 is 0.631 bits per heavy atom. The minimum Gasteiger partial charge on any atom is -0.744 e. The van der Waals surface area contributed by atoms with Gasteiger partial charge in [0.1, 0.15) is 58.6 Å². The van der Waals surface area contributed by atoms with Gasteiger partial charge in [-0.15, -0.1) is 0 Å². The van der Waals surface area contributed by atoms with Crippen LogP contribution >= 0.6 is 0 Å². The summed E-state index contributed by atoms with van der Waals surface area (Å²) in [6, 6.07) is 10.4. The van der Waals surface area contributed by atoms with Crippen molar-refractivity contribution in [1.29, 1.82) is 0 Å². The molecule has 6 N–H and O–H groups in total. The van der Waals surface area contributed by atoms with Gasteiger partial charge in [0.2, 0.25) is 17.7 Å². The van der Waals surface area contributed by atoms with Gasteiger partial charge in [-0.05, 0) is 77.2 Å². The Kier molecular flexibility index (Phi) is 26.3. The van der Waals surface area contributed by atoms with E-state index in [4.69, 9.17) is 5.73 Å². The molecule has 0 fully saturated rings. The summed E-state index contributed by atoms with van der Waals surface area (Å²) in [6.07, 6.45) is -1.62. The van der Waals surface area contributed by atoms with Gasteiger partial charge in [-0.25, -0.2) is 38.5 Å². The summed E-state index contributed by atoms with van der Waals surface area (Å²) >= 11 is 0. The first kappa shape index (κ1) is 63.4. The number of rotatable bonds is 19. The summed E-state index contributed by atoms with van der Waals surface area (Å²) in [4.78, 5) is 51.2. The first-order chi connectivity index (χ1) is 28.2. The molecule has 0 saturated carbocycles. The molecule has 4 atom stereocenters. The van der Waals surface area contributed by atoms with E-state index < -0.39 is 127 Å². The van der Waals surface area contributed by atoms with Crippen LogP contribution in [0.5, 0.6) is 0 Å². The third-order valence-electron chi connectivity index (χ3n) is 8.84. The summed E-state index contributed by atoms with van der Waals surface area (Å²) in [7, 11) is -19.4. The quantitative estimate of drug-likeness (QED) is 0.0430. The maximum absolute atomic E-state index is 14.0. The number of hydrogen-bond acceptors (Lipinski definition) is 17. The molecule has 4 aromatic carbocycles. The molecule has 29 heteroatoms. The van der Waals surface area contributed by atoms with Gasteiger partial charge in [-0.3, -0.25) is 14.4 Å². The van der Waals surface area contributed by atoms with Gasteiger partial charge in [0, 0.05) is 19.3 Å². The van der Waals surface area contributed by atoms with Crippen molar-refractivity contribution in [3.63, 3.8) is 0 Å². The van der Waals surface area contributed by atoms with Crippen LogP contribution in [0.15, 0.2) is 117 Å². The Morgan fingerprint density at radius 1 is 0.415 bits per heavy atom. The normalized spacial score (nSPS) is 13.3. The second kappa shape index (κ2) is 26.9. The molecule has 3 amide bonds. The number of nitrogens with two attached hydrogens (primary N) is 1. The summed E-state index contributed by atoms with van der Waals surface area (Å²) < 4.78 is 137. The van der Waals surface area contributed by atoms with Crippen LogP contribution in [-0.4, -0.2) is 105 Å². The average Bonchev–Trinajstić information content (AvgIpc) is 3.16. The molecule has 65 heavy (non-hydrogen) atoms. The van der Waals surface area contributed by atoms with Gasteiger partial charge < -0.3 is 45.0 Å². The summed E-state index contributed by atoms with van der Waals surface area (Å²) in [5.74, 6) is -4.81. The van der Waals surface area contributed by atoms with E-state index in [2.05, 4.69) is 16.0 Å². The Balaban J connectivity index is 0.0000102. The van der Waals surface area contributed by atoms with E-state index in [1.807, 2.05) is 0 Å². The number of nitrogens with one attached hydrogen (secondary N) is 3. The SMILES string of the molecule is NC(Cc1ccc(S(=O)(=O)[O-])cc1)C(=O)NC(Cc1ccc(S(=O)(=O)[O-])cc1)C(=O)NC(Cc1ccc(S(=O)(=O)[O-])cc1)C(=O)NC(Cc1ccc(S(=O)(=O)[O-])cc1)C(=O)O.[Na+].[Na+].[Na+].[Na+]. The smallest absolute Gasteiger partial charge is 0.744 e. The summed E-state index contributed by atoms with van der Waals surface area (Å²) in [6.45, 7) is 0. The number of hydrogen-bond donors (Lipinski definition) is 5. The van der Waals surface area contributed by atoms with Crippen molar-refractivity contribution in [1.82, 2.24) is 16.0 Å². The molecule has 0 aliphatic heterocycles. The van der Waals surface area contributed by atoms with Crippen LogP contribution in [0.4, 0.5) is 0 Å². The molecule has 4 aromatic rings. The molecule has 0 spiro atoms. The predicted octanol–water partition coefficient (Wildman–Crippen LogP) is -13.5. The van der Waals surface area contributed by atoms with Crippen LogP contribution in [-0.2, 0) is 85.3 Å². The number of carbonyl (C=O) groups excluding carboxylic acids is 3. The van der Waals surface area contributed by atoms with E-state index in [9.17, 15) is 76.2 Å². The molecular formula is C36H34N4Na4O17S4. The van der Waals surface area contributed by atoms with Gasteiger partial charge in [0.15, 0.2) is 0 Å². The first-order valence-corrected chi connectivity index (χ1v) is 22.9. The molecule has 4 unspecified atom stereocenters. The predicted molar refractivity (Wildman–Crippen MR) is 204 cm³/mol. The van der Waals surface area contributed by atoms with Gasteiger partial charge in [0.05, 0.1) is 25.6 Å². The van der Waals surface area contributed by atoms with Crippen molar-refractivity contribution in [2.45, 2.75) is 69.4 Å². The molecule has 4 rings (SSSR count). The molecule has 0 aliphatic carbocycles. The fourth-order valence-corrected chi connectivity index (χ4v) is 7.54. The molecule has 0 bridgehead atoms. The maximum atomic E-state index is 14.0. The molecule has 0 radical (unpaired) electrons. The van der Waals surface area contributed by atoms with Gasteiger partial charge in [0.25, 0.3) is 0 Å². The van der Waals surface area contributed by atoms with Crippen LogP contribution in [0.25, 0.3) is 0 Å². The van der Waals surface area contributed by atoms with Crippen molar-refractivity contribution in [2.24, 2.45) is 5.73 Å². The van der Waals surface area contributed by atoms with E-state index in [-0.39, 0.29) is 141 Å². The number of benzene rings is 4. The molecule has 21 nitrogen and oxygen atoms in total. The van der Waals surface area contributed by atoms with Gasteiger partial charge >= 0.3 is 124 Å². The van der Waals surface area contributed by atoms with Crippen LogP contribution in [0.3, 0.4) is 0 Å². The van der Waals surface area contributed by atoms with Crippen molar-refractivity contribution in [2.75, 3.05) is 0 Å².